The van der Waals surface area contributed by atoms with Crippen LogP contribution in [-0.4, -0.2) is 50.2 Å². The normalized spacial score (nSPS) is 14.5. The molecular weight excluding hydrogens is 420 g/mol. The van der Waals surface area contributed by atoms with Crippen molar-refractivity contribution in [1.82, 2.24) is 19.9 Å². The summed E-state index contributed by atoms with van der Waals surface area (Å²) in [4.78, 5) is 16.5. The maximum atomic E-state index is 12.3. The van der Waals surface area contributed by atoms with Gasteiger partial charge >= 0.3 is 6.09 Å². The molecule has 1 aliphatic rings. The molecule has 4 aromatic rings. The Hall–Kier alpha value is -3.75. The van der Waals surface area contributed by atoms with Gasteiger partial charge in [0.25, 0.3) is 0 Å². The fourth-order valence-electron chi connectivity index (χ4n) is 4.39. The second kappa shape index (κ2) is 9.01. The van der Waals surface area contributed by atoms with E-state index in [9.17, 15) is 15.0 Å². The van der Waals surface area contributed by atoms with Crippen LogP contribution in [0.15, 0.2) is 73.2 Å². The Morgan fingerprint density at radius 2 is 1.76 bits per heavy atom. The SMILES string of the molecule is O=C(NCCC(O)C(O)c1cnn2cccnc12)OCC1c2ccccc2-c2ccccc21. The molecule has 1 aliphatic carbocycles. The van der Waals surface area contributed by atoms with Crippen molar-refractivity contribution in [2.24, 2.45) is 0 Å². The lowest BCUT2D eigenvalue weighted by atomic mass is 9.98. The van der Waals surface area contributed by atoms with Gasteiger partial charge in [0, 0.05) is 30.4 Å². The van der Waals surface area contributed by atoms with E-state index in [2.05, 4.69) is 39.7 Å². The average molecular weight is 444 g/mol. The summed E-state index contributed by atoms with van der Waals surface area (Å²) in [7, 11) is 0. The molecule has 0 spiro atoms. The summed E-state index contributed by atoms with van der Waals surface area (Å²) in [6, 6.07) is 18.0. The lowest BCUT2D eigenvalue weighted by Gasteiger charge is -2.18. The minimum absolute atomic E-state index is 0.0151. The van der Waals surface area contributed by atoms with Crippen LogP contribution in [-0.2, 0) is 4.74 Å². The zero-order chi connectivity index (χ0) is 22.8. The molecule has 0 aliphatic heterocycles. The third-order valence-corrected chi connectivity index (χ3v) is 6.04. The number of fused-ring (bicyclic) bond motifs is 4. The molecule has 2 unspecified atom stereocenters. The van der Waals surface area contributed by atoms with Crippen LogP contribution in [0.5, 0.6) is 0 Å². The summed E-state index contributed by atoms with van der Waals surface area (Å²) < 4.78 is 7.02. The maximum Gasteiger partial charge on any atom is 0.407 e. The van der Waals surface area contributed by atoms with Crippen LogP contribution in [0, 0.1) is 0 Å². The Morgan fingerprint density at radius 1 is 1.06 bits per heavy atom. The topological polar surface area (TPSA) is 109 Å². The molecule has 0 saturated heterocycles. The fourth-order valence-corrected chi connectivity index (χ4v) is 4.39. The lowest BCUT2D eigenvalue weighted by molar-refractivity contribution is 0.0143. The van der Waals surface area contributed by atoms with Crippen molar-refractivity contribution in [1.29, 1.82) is 0 Å². The molecule has 2 heterocycles. The minimum atomic E-state index is -1.17. The molecule has 8 heteroatoms. The van der Waals surface area contributed by atoms with Crippen molar-refractivity contribution >= 4 is 11.7 Å². The predicted octanol–water partition coefficient (Wildman–Crippen LogP) is 3.05. The summed E-state index contributed by atoms with van der Waals surface area (Å²) in [6.07, 6.45) is 2.12. The van der Waals surface area contributed by atoms with Crippen molar-refractivity contribution < 1.29 is 19.7 Å². The number of nitrogens with zero attached hydrogens (tertiary/aromatic N) is 3. The second-order valence-corrected chi connectivity index (χ2v) is 8.04. The van der Waals surface area contributed by atoms with Gasteiger partial charge in [-0.15, -0.1) is 0 Å². The number of carbonyl (C=O) groups is 1. The molecule has 2 aromatic heterocycles. The summed E-state index contributed by atoms with van der Waals surface area (Å²) in [6.45, 7) is 0.376. The van der Waals surface area contributed by atoms with Gasteiger partial charge in [0.2, 0.25) is 0 Å². The van der Waals surface area contributed by atoms with Crippen LogP contribution in [0.3, 0.4) is 0 Å². The molecule has 5 rings (SSSR count). The average Bonchev–Trinajstić information content (AvgIpc) is 3.42. The van der Waals surface area contributed by atoms with Crippen molar-refractivity contribution in [3.05, 3.63) is 89.9 Å². The molecule has 168 valence electrons. The standard InChI is InChI=1S/C25H24N4O4/c30-22(23(31)20-14-28-29-13-5-11-26-24(20)29)10-12-27-25(32)33-15-21-18-8-3-1-6-16(18)17-7-2-4-9-19(17)21/h1-9,11,13-14,21-23,30-31H,10,12,15H2,(H,27,32). The quantitative estimate of drug-likeness (QED) is 0.404. The number of aromatic nitrogens is 3. The van der Waals surface area contributed by atoms with Gasteiger partial charge in [-0.3, -0.25) is 0 Å². The van der Waals surface area contributed by atoms with Gasteiger partial charge in [-0.25, -0.2) is 14.3 Å². The van der Waals surface area contributed by atoms with Crippen molar-refractivity contribution in [3.63, 3.8) is 0 Å². The number of ether oxygens (including phenoxy) is 1. The van der Waals surface area contributed by atoms with E-state index in [0.717, 1.165) is 11.1 Å². The van der Waals surface area contributed by atoms with E-state index >= 15 is 0 Å². The molecular formula is C25H24N4O4. The van der Waals surface area contributed by atoms with E-state index < -0.39 is 18.3 Å². The van der Waals surface area contributed by atoms with Crippen LogP contribution in [0.4, 0.5) is 4.79 Å². The Kier molecular flexibility index (Phi) is 5.77. The number of benzene rings is 2. The van der Waals surface area contributed by atoms with Gasteiger partial charge in [0.05, 0.1) is 12.3 Å². The second-order valence-electron chi connectivity index (χ2n) is 8.04. The highest BCUT2D eigenvalue weighted by atomic mass is 16.5. The van der Waals surface area contributed by atoms with Gasteiger partial charge < -0.3 is 20.3 Å². The van der Waals surface area contributed by atoms with E-state index in [0.29, 0.717) is 11.2 Å². The zero-order valence-electron chi connectivity index (χ0n) is 17.8. The van der Waals surface area contributed by atoms with Crippen molar-refractivity contribution in [2.45, 2.75) is 24.5 Å². The molecule has 1 amide bonds. The molecule has 0 saturated carbocycles. The number of hydrogen-bond acceptors (Lipinski definition) is 6. The summed E-state index contributed by atoms with van der Waals surface area (Å²) in [5, 5.41) is 27.6. The largest absolute Gasteiger partial charge is 0.449 e. The molecule has 0 bridgehead atoms. The van der Waals surface area contributed by atoms with Crippen LogP contribution >= 0.6 is 0 Å². The van der Waals surface area contributed by atoms with Crippen LogP contribution in [0.25, 0.3) is 16.8 Å². The number of carbonyl (C=O) groups excluding carboxylic acids is 1. The number of rotatable bonds is 7. The summed E-state index contributed by atoms with van der Waals surface area (Å²) in [5.41, 5.74) is 5.54. The van der Waals surface area contributed by atoms with Crippen LogP contribution in [0.2, 0.25) is 0 Å². The number of aliphatic hydroxyl groups is 2. The van der Waals surface area contributed by atoms with Gasteiger partial charge in [-0.05, 0) is 34.7 Å². The van der Waals surface area contributed by atoms with E-state index in [1.54, 1.807) is 18.5 Å². The lowest BCUT2D eigenvalue weighted by Crippen LogP contribution is -2.30. The first kappa shape index (κ1) is 21.1. The third kappa shape index (κ3) is 4.06. The van der Waals surface area contributed by atoms with Gasteiger partial charge in [-0.2, -0.15) is 5.10 Å². The molecule has 2 atom stereocenters. The Labute approximate surface area is 190 Å². The van der Waals surface area contributed by atoms with Crippen molar-refractivity contribution in [2.75, 3.05) is 13.2 Å². The Balaban J connectivity index is 1.14. The number of hydrogen-bond donors (Lipinski definition) is 3. The molecule has 0 fully saturated rings. The van der Waals surface area contributed by atoms with Gasteiger partial charge in [0.1, 0.15) is 12.7 Å². The highest BCUT2D eigenvalue weighted by Gasteiger charge is 2.29. The highest BCUT2D eigenvalue weighted by molar-refractivity contribution is 5.79. The minimum Gasteiger partial charge on any atom is -0.449 e. The monoisotopic (exact) mass is 444 g/mol. The molecule has 33 heavy (non-hydrogen) atoms. The first-order chi connectivity index (χ1) is 16.1. The first-order valence-electron chi connectivity index (χ1n) is 10.9. The summed E-state index contributed by atoms with van der Waals surface area (Å²) in [5.74, 6) is -0.0151. The summed E-state index contributed by atoms with van der Waals surface area (Å²) >= 11 is 0. The predicted molar refractivity (Wildman–Crippen MR) is 122 cm³/mol. The zero-order valence-corrected chi connectivity index (χ0v) is 17.8. The smallest absolute Gasteiger partial charge is 0.407 e. The Morgan fingerprint density at radius 3 is 2.48 bits per heavy atom. The van der Waals surface area contributed by atoms with Crippen LogP contribution in [0.1, 0.15) is 35.1 Å². The van der Waals surface area contributed by atoms with E-state index in [-0.39, 0.29) is 25.5 Å². The molecule has 3 N–H and O–H groups in total. The highest BCUT2D eigenvalue weighted by Crippen LogP contribution is 2.44. The Bertz CT molecular complexity index is 1240. The molecule has 2 aromatic carbocycles. The first-order valence-corrected chi connectivity index (χ1v) is 10.9. The van der Waals surface area contributed by atoms with E-state index in [1.165, 1.54) is 21.8 Å². The number of alkyl carbamates (subject to hydrolysis) is 1. The van der Waals surface area contributed by atoms with Crippen LogP contribution < -0.4 is 5.32 Å². The van der Waals surface area contributed by atoms with E-state index in [4.69, 9.17) is 4.74 Å². The number of nitrogens with one attached hydrogen (secondary N) is 1. The molecule has 8 nitrogen and oxygen atoms in total. The fraction of sp³-hybridized carbons (Fsp3) is 0.240. The number of amides is 1. The maximum absolute atomic E-state index is 12.3. The van der Waals surface area contributed by atoms with E-state index in [1.807, 2.05) is 24.3 Å². The third-order valence-electron chi connectivity index (χ3n) is 6.04. The number of aliphatic hydroxyl groups excluding tert-OH is 2. The van der Waals surface area contributed by atoms with Crippen molar-refractivity contribution in [3.8, 4) is 11.1 Å². The van der Waals surface area contributed by atoms with Gasteiger partial charge in [-0.1, -0.05) is 48.5 Å². The van der Waals surface area contributed by atoms with Gasteiger partial charge in [0.15, 0.2) is 5.65 Å². The molecule has 0 radical (unpaired) electrons.